The summed E-state index contributed by atoms with van der Waals surface area (Å²) in [6.45, 7) is 4.91. The molecular formula is C24H24N6O2S. The highest BCUT2D eigenvalue weighted by Gasteiger charge is 2.28. The van der Waals surface area contributed by atoms with Crippen molar-refractivity contribution in [1.82, 2.24) is 29.9 Å². The zero-order chi connectivity index (χ0) is 22.6. The number of thiazole rings is 1. The van der Waals surface area contributed by atoms with Crippen molar-refractivity contribution in [2.75, 3.05) is 26.2 Å². The van der Waals surface area contributed by atoms with Gasteiger partial charge in [0, 0.05) is 43.3 Å². The molecule has 1 aliphatic heterocycles. The number of aromatic nitrogens is 4. The highest BCUT2D eigenvalue weighted by atomic mass is 32.1. The molecule has 0 N–H and O–H groups in total. The van der Waals surface area contributed by atoms with Crippen molar-refractivity contribution in [3.63, 3.8) is 0 Å². The van der Waals surface area contributed by atoms with Gasteiger partial charge < -0.3 is 9.42 Å². The lowest BCUT2D eigenvalue weighted by Gasteiger charge is -2.36. The van der Waals surface area contributed by atoms with E-state index in [4.69, 9.17) is 4.52 Å². The van der Waals surface area contributed by atoms with Gasteiger partial charge in [0.1, 0.15) is 5.01 Å². The number of carbonyl (C=O) groups excluding carboxylic acids is 1. The molecule has 33 heavy (non-hydrogen) atoms. The lowest BCUT2D eigenvalue weighted by atomic mass is 10.2. The molecule has 1 unspecified atom stereocenters. The summed E-state index contributed by atoms with van der Waals surface area (Å²) in [6, 6.07) is 15.5. The first-order valence-electron chi connectivity index (χ1n) is 10.9. The van der Waals surface area contributed by atoms with E-state index in [1.807, 2.05) is 58.8 Å². The van der Waals surface area contributed by atoms with Crippen molar-refractivity contribution in [2.45, 2.75) is 19.4 Å². The Hall–Kier alpha value is -3.43. The first kappa shape index (κ1) is 21.4. The summed E-state index contributed by atoms with van der Waals surface area (Å²) in [5.74, 6) is 1.29. The maximum atomic E-state index is 12.8. The minimum absolute atomic E-state index is 0.00770. The van der Waals surface area contributed by atoms with Gasteiger partial charge in [-0.05, 0) is 19.1 Å². The second-order valence-corrected chi connectivity index (χ2v) is 8.81. The van der Waals surface area contributed by atoms with Crippen molar-refractivity contribution < 1.29 is 9.32 Å². The third-order valence-corrected chi connectivity index (χ3v) is 6.73. The molecule has 1 aromatic carbocycles. The quantitative estimate of drug-likeness (QED) is 0.433. The van der Waals surface area contributed by atoms with Crippen molar-refractivity contribution in [3.05, 3.63) is 71.7 Å². The summed E-state index contributed by atoms with van der Waals surface area (Å²) in [4.78, 5) is 30.5. The largest absolute Gasteiger partial charge is 0.340 e. The molecule has 1 amide bonds. The summed E-state index contributed by atoms with van der Waals surface area (Å²) in [5, 5.41) is 6.91. The number of hydrogen-bond acceptors (Lipinski definition) is 8. The van der Waals surface area contributed by atoms with Crippen LogP contribution in [0.15, 0.2) is 64.6 Å². The van der Waals surface area contributed by atoms with Crippen LogP contribution in [0.25, 0.3) is 22.1 Å². The van der Waals surface area contributed by atoms with Crippen molar-refractivity contribution in [3.8, 4) is 22.1 Å². The predicted molar refractivity (Wildman–Crippen MR) is 125 cm³/mol. The van der Waals surface area contributed by atoms with Crippen LogP contribution in [0.3, 0.4) is 0 Å². The molecule has 1 saturated heterocycles. The molecule has 4 heterocycles. The molecule has 1 atom stereocenters. The highest BCUT2D eigenvalue weighted by molar-refractivity contribution is 7.13. The number of rotatable bonds is 6. The third-order valence-electron chi connectivity index (χ3n) is 5.81. The Labute approximate surface area is 195 Å². The third kappa shape index (κ3) is 4.84. The van der Waals surface area contributed by atoms with Crippen molar-refractivity contribution in [1.29, 1.82) is 0 Å². The van der Waals surface area contributed by atoms with Gasteiger partial charge in [-0.15, -0.1) is 11.3 Å². The minimum Gasteiger partial charge on any atom is -0.340 e. The van der Waals surface area contributed by atoms with Gasteiger partial charge in [-0.1, -0.05) is 41.6 Å². The van der Waals surface area contributed by atoms with Crippen LogP contribution in [0.2, 0.25) is 0 Å². The average Bonchev–Trinajstić information content (AvgIpc) is 3.55. The van der Waals surface area contributed by atoms with E-state index < -0.39 is 0 Å². The molecule has 0 radical (unpaired) electrons. The maximum Gasteiger partial charge on any atom is 0.244 e. The fourth-order valence-corrected chi connectivity index (χ4v) is 4.68. The fourth-order valence-electron chi connectivity index (χ4n) is 3.89. The number of pyridine rings is 1. The molecule has 1 fully saturated rings. The monoisotopic (exact) mass is 460 g/mol. The van der Waals surface area contributed by atoms with Gasteiger partial charge in [0.15, 0.2) is 0 Å². The molecular weight excluding hydrogens is 436 g/mol. The lowest BCUT2D eigenvalue weighted by molar-refractivity contribution is -0.132. The molecule has 0 aliphatic carbocycles. The standard InChI is InChI=1S/C24H24N6O2S/c1-17(23-27-22(28-32-23)18-7-3-2-4-8-18)29-11-13-30(14-12-29)21(31)15-19-16-33-24(26-19)20-9-5-6-10-25-20/h2-10,16-17H,11-15H2,1H3. The first-order chi connectivity index (χ1) is 16.2. The van der Waals surface area contributed by atoms with E-state index in [1.165, 1.54) is 11.3 Å². The normalized spacial score (nSPS) is 15.5. The van der Waals surface area contributed by atoms with Gasteiger partial charge in [-0.3, -0.25) is 14.7 Å². The Kier molecular flexibility index (Phi) is 6.23. The molecule has 0 saturated carbocycles. The lowest BCUT2D eigenvalue weighted by Crippen LogP contribution is -2.49. The Morgan fingerprint density at radius 3 is 2.61 bits per heavy atom. The van der Waals surface area contributed by atoms with E-state index in [0.717, 1.165) is 35.0 Å². The Balaban J connectivity index is 1.15. The molecule has 9 heteroatoms. The smallest absolute Gasteiger partial charge is 0.244 e. The molecule has 0 bridgehead atoms. The van der Waals surface area contributed by atoms with Crippen LogP contribution in [-0.4, -0.2) is 62.0 Å². The number of carbonyl (C=O) groups is 1. The maximum absolute atomic E-state index is 12.8. The van der Waals surface area contributed by atoms with E-state index in [0.29, 0.717) is 31.2 Å². The van der Waals surface area contributed by atoms with Crippen LogP contribution in [0.4, 0.5) is 0 Å². The van der Waals surface area contributed by atoms with Crippen molar-refractivity contribution >= 4 is 17.2 Å². The summed E-state index contributed by atoms with van der Waals surface area (Å²) < 4.78 is 5.53. The van der Waals surface area contributed by atoms with Crippen LogP contribution >= 0.6 is 11.3 Å². The zero-order valence-corrected chi connectivity index (χ0v) is 19.1. The van der Waals surface area contributed by atoms with E-state index in [1.54, 1.807) is 6.20 Å². The van der Waals surface area contributed by atoms with E-state index in [2.05, 4.69) is 31.9 Å². The first-order valence-corrected chi connectivity index (χ1v) is 11.8. The SMILES string of the molecule is CC(c1nc(-c2ccccc2)no1)N1CCN(C(=O)Cc2csc(-c3ccccn3)n2)CC1. The summed E-state index contributed by atoms with van der Waals surface area (Å²) in [5.41, 5.74) is 2.56. The molecule has 4 aromatic rings. The predicted octanol–water partition coefficient (Wildman–Crippen LogP) is 3.70. The van der Waals surface area contributed by atoms with Gasteiger partial charge in [0.2, 0.25) is 17.6 Å². The van der Waals surface area contributed by atoms with Crippen LogP contribution in [0, 0.1) is 0 Å². The number of piperazine rings is 1. The molecule has 3 aromatic heterocycles. The van der Waals surface area contributed by atoms with Crippen LogP contribution in [0.1, 0.15) is 24.6 Å². The molecule has 8 nitrogen and oxygen atoms in total. The second kappa shape index (κ2) is 9.60. The topological polar surface area (TPSA) is 88.3 Å². The Bertz CT molecular complexity index is 1200. The Morgan fingerprint density at radius 1 is 1.06 bits per heavy atom. The van der Waals surface area contributed by atoms with Gasteiger partial charge in [0.25, 0.3) is 0 Å². The van der Waals surface area contributed by atoms with Crippen molar-refractivity contribution in [2.24, 2.45) is 0 Å². The Morgan fingerprint density at radius 2 is 1.85 bits per heavy atom. The van der Waals surface area contributed by atoms with Gasteiger partial charge >= 0.3 is 0 Å². The molecule has 0 spiro atoms. The van der Waals surface area contributed by atoms with Crippen LogP contribution in [-0.2, 0) is 11.2 Å². The summed E-state index contributed by atoms with van der Waals surface area (Å²) in [6.07, 6.45) is 2.06. The van der Waals surface area contributed by atoms with E-state index >= 15 is 0 Å². The van der Waals surface area contributed by atoms with Gasteiger partial charge in [0.05, 0.1) is 23.9 Å². The molecule has 168 valence electrons. The molecule has 5 rings (SSSR count). The number of hydrogen-bond donors (Lipinski definition) is 0. The number of amides is 1. The zero-order valence-electron chi connectivity index (χ0n) is 18.3. The van der Waals surface area contributed by atoms with Crippen LogP contribution in [0.5, 0.6) is 0 Å². The second-order valence-electron chi connectivity index (χ2n) is 7.95. The summed E-state index contributed by atoms with van der Waals surface area (Å²) in [7, 11) is 0. The van der Waals surface area contributed by atoms with Gasteiger partial charge in [-0.2, -0.15) is 4.98 Å². The average molecular weight is 461 g/mol. The van der Waals surface area contributed by atoms with Gasteiger partial charge in [-0.25, -0.2) is 4.98 Å². The van der Waals surface area contributed by atoms with Crippen LogP contribution < -0.4 is 0 Å². The number of nitrogens with zero attached hydrogens (tertiary/aromatic N) is 6. The highest BCUT2D eigenvalue weighted by Crippen LogP contribution is 2.24. The summed E-state index contributed by atoms with van der Waals surface area (Å²) >= 11 is 1.52. The van der Waals surface area contributed by atoms with E-state index in [9.17, 15) is 4.79 Å². The number of benzene rings is 1. The fraction of sp³-hybridized carbons (Fsp3) is 0.292. The molecule has 1 aliphatic rings. The van der Waals surface area contributed by atoms with E-state index in [-0.39, 0.29) is 11.9 Å². The minimum atomic E-state index is -0.00770.